The molecule has 0 saturated heterocycles. The Balaban J connectivity index is 2.26. The third kappa shape index (κ3) is 2.40. The molecule has 0 aliphatic carbocycles. The lowest BCUT2D eigenvalue weighted by Crippen LogP contribution is -2.29. The zero-order chi connectivity index (χ0) is 15.6. The summed E-state index contributed by atoms with van der Waals surface area (Å²) in [5.41, 5.74) is 3.35. The van der Waals surface area contributed by atoms with Gasteiger partial charge in [-0.25, -0.2) is 9.97 Å². The van der Waals surface area contributed by atoms with Crippen LogP contribution in [0, 0.1) is 13.8 Å². The van der Waals surface area contributed by atoms with E-state index in [1.54, 1.807) is 12.4 Å². The fraction of sp³-hybridized carbons (Fsp3) is 0.158. The van der Waals surface area contributed by atoms with Crippen LogP contribution in [0.1, 0.15) is 27.8 Å². The van der Waals surface area contributed by atoms with Gasteiger partial charge < -0.3 is 5.11 Å². The van der Waals surface area contributed by atoms with Gasteiger partial charge in [-0.3, -0.25) is 0 Å². The van der Waals surface area contributed by atoms with Crippen molar-refractivity contribution in [1.82, 2.24) is 9.97 Å². The Labute approximate surface area is 130 Å². The van der Waals surface area contributed by atoms with Crippen molar-refractivity contribution in [3.8, 4) is 0 Å². The highest BCUT2D eigenvalue weighted by atomic mass is 16.3. The molecule has 0 aliphatic heterocycles. The maximum atomic E-state index is 11.6. The molecule has 0 amide bonds. The van der Waals surface area contributed by atoms with E-state index in [-0.39, 0.29) is 0 Å². The molecule has 0 saturated carbocycles. The van der Waals surface area contributed by atoms with E-state index in [2.05, 4.69) is 16.9 Å². The van der Waals surface area contributed by atoms with Crippen LogP contribution < -0.4 is 0 Å². The Morgan fingerprint density at radius 1 is 0.773 bits per heavy atom. The first kappa shape index (κ1) is 14.4. The van der Waals surface area contributed by atoms with Crippen molar-refractivity contribution < 1.29 is 5.11 Å². The molecule has 1 N–H and O–H groups in total. The molecule has 22 heavy (non-hydrogen) atoms. The minimum Gasteiger partial charge on any atom is -0.376 e. The van der Waals surface area contributed by atoms with Crippen LogP contribution in [-0.2, 0) is 5.60 Å². The third-order valence-electron chi connectivity index (χ3n) is 4.09. The number of hydrogen-bond donors (Lipinski definition) is 1. The Hall–Kier alpha value is -2.52. The Morgan fingerprint density at radius 3 is 2.09 bits per heavy atom. The van der Waals surface area contributed by atoms with Crippen molar-refractivity contribution in [3.05, 3.63) is 95.1 Å². The average molecular weight is 290 g/mol. The summed E-state index contributed by atoms with van der Waals surface area (Å²) in [4.78, 5) is 8.14. The lowest BCUT2D eigenvalue weighted by atomic mass is 9.81. The Bertz CT molecular complexity index is 730. The van der Waals surface area contributed by atoms with Crippen molar-refractivity contribution in [3.63, 3.8) is 0 Å². The molecule has 2 aromatic carbocycles. The first-order chi connectivity index (χ1) is 10.6. The summed E-state index contributed by atoms with van der Waals surface area (Å²) in [6.07, 6.45) is 4.79. The summed E-state index contributed by atoms with van der Waals surface area (Å²) >= 11 is 0. The van der Waals surface area contributed by atoms with Gasteiger partial charge in [0.1, 0.15) is 11.9 Å². The molecule has 1 aromatic heterocycles. The molecule has 0 spiro atoms. The highest BCUT2D eigenvalue weighted by Crippen LogP contribution is 2.36. The predicted molar refractivity (Wildman–Crippen MR) is 86.5 cm³/mol. The quantitative estimate of drug-likeness (QED) is 0.804. The predicted octanol–water partition coefficient (Wildman–Crippen LogP) is 3.38. The fourth-order valence-electron chi connectivity index (χ4n) is 2.63. The summed E-state index contributed by atoms with van der Waals surface area (Å²) in [7, 11) is 0. The largest absolute Gasteiger partial charge is 0.376 e. The topological polar surface area (TPSA) is 46.0 Å². The van der Waals surface area contributed by atoms with Crippen molar-refractivity contribution in [2.24, 2.45) is 0 Å². The van der Waals surface area contributed by atoms with Crippen LogP contribution in [-0.4, -0.2) is 15.1 Å². The minimum absolute atomic E-state index is 0.657. The van der Waals surface area contributed by atoms with Crippen molar-refractivity contribution in [1.29, 1.82) is 0 Å². The molecule has 3 aromatic rings. The van der Waals surface area contributed by atoms with E-state index in [9.17, 15) is 5.11 Å². The minimum atomic E-state index is -1.26. The van der Waals surface area contributed by atoms with E-state index >= 15 is 0 Å². The van der Waals surface area contributed by atoms with E-state index in [1.165, 1.54) is 11.9 Å². The monoisotopic (exact) mass is 290 g/mol. The van der Waals surface area contributed by atoms with Gasteiger partial charge in [0.25, 0.3) is 0 Å². The molecular formula is C19H18N2O. The van der Waals surface area contributed by atoms with E-state index < -0.39 is 5.60 Å². The molecule has 0 radical (unpaired) electrons. The lowest BCUT2D eigenvalue weighted by Gasteiger charge is -2.30. The highest BCUT2D eigenvalue weighted by molar-refractivity contribution is 5.47. The van der Waals surface area contributed by atoms with Gasteiger partial charge >= 0.3 is 0 Å². The summed E-state index contributed by atoms with van der Waals surface area (Å²) in [5, 5.41) is 11.6. The van der Waals surface area contributed by atoms with Gasteiger partial charge in [-0.15, -0.1) is 0 Å². The van der Waals surface area contributed by atoms with E-state index in [0.717, 1.165) is 16.7 Å². The summed E-state index contributed by atoms with van der Waals surface area (Å²) in [6, 6.07) is 15.6. The normalized spacial score (nSPS) is 13.6. The summed E-state index contributed by atoms with van der Waals surface area (Å²) in [5.74, 6) is 0. The Morgan fingerprint density at radius 2 is 1.45 bits per heavy atom. The number of nitrogens with zero attached hydrogens (tertiary/aromatic N) is 2. The molecule has 0 unspecified atom stereocenters. The average Bonchev–Trinajstić information content (AvgIpc) is 2.58. The van der Waals surface area contributed by atoms with Gasteiger partial charge in [0.15, 0.2) is 0 Å². The van der Waals surface area contributed by atoms with Gasteiger partial charge in [-0.05, 0) is 36.1 Å². The maximum Gasteiger partial charge on any atom is 0.143 e. The van der Waals surface area contributed by atoms with E-state index in [0.29, 0.717) is 5.56 Å². The zero-order valence-corrected chi connectivity index (χ0v) is 12.7. The lowest BCUT2D eigenvalue weighted by molar-refractivity contribution is 0.125. The summed E-state index contributed by atoms with van der Waals surface area (Å²) < 4.78 is 0. The van der Waals surface area contributed by atoms with Crippen LogP contribution in [0.4, 0.5) is 0 Å². The molecule has 0 bridgehead atoms. The number of hydrogen-bond acceptors (Lipinski definition) is 3. The molecular weight excluding hydrogens is 272 g/mol. The van der Waals surface area contributed by atoms with Crippen LogP contribution >= 0.6 is 0 Å². The second-order valence-electron chi connectivity index (χ2n) is 5.50. The second-order valence-corrected chi connectivity index (χ2v) is 5.50. The molecule has 0 fully saturated rings. The van der Waals surface area contributed by atoms with Crippen LogP contribution in [0.2, 0.25) is 0 Å². The first-order valence-electron chi connectivity index (χ1n) is 7.23. The molecule has 3 nitrogen and oxygen atoms in total. The SMILES string of the molecule is Cc1ccc([C@](O)(c2ccccc2)c2cncnc2)cc1C. The first-order valence-corrected chi connectivity index (χ1v) is 7.23. The maximum absolute atomic E-state index is 11.6. The molecule has 3 heteroatoms. The van der Waals surface area contributed by atoms with Crippen LogP contribution in [0.3, 0.4) is 0 Å². The van der Waals surface area contributed by atoms with Crippen molar-refractivity contribution in [2.75, 3.05) is 0 Å². The molecule has 1 atom stereocenters. The van der Waals surface area contributed by atoms with Gasteiger partial charge in [0.05, 0.1) is 0 Å². The van der Waals surface area contributed by atoms with Gasteiger partial charge in [0.2, 0.25) is 0 Å². The van der Waals surface area contributed by atoms with E-state index in [1.807, 2.05) is 55.5 Å². The number of aromatic nitrogens is 2. The zero-order valence-electron chi connectivity index (χ0n) is 12.7. The van der Waals surface area contributed by atoms with Crippen LogP contribution in [0.15, 0.2) is 67.3 Å². The van der Waals surface area contributed by atoms with Gasteiger partial charge in [0, 0.05) is 18.0 Å². The molecule has 0 aliphatic rings. The van der Waals surface area contributed by atoms with Crippen molar-refractivity contribution >= 4 is 0 Å². The third-order valence-corrected chi connectivity index (χ3v) is 4.09. The van der Waals surface area contributed by atoms with Gasteiger partial charge in [-0.2, -0.15) is 0 Å². The van der Waals surface area contributed by atoms with Gasteiger partial charge in [-0.1, -0.05) is 48.5 Å². The molecule has 110 valence electrons. The Kier molecular flexibility index (Phi) is 3.73. The van der Waals surface area contributed by atoms with Crippen molar-refractivity contribution in [2.45, 2.75) is 19.4 Å². The second kappa shape index (κ2) is 5.70. The number of rotatable bonds is 3. The number of benzene rings is 2. The summed E-state index contributed by atoms with van der Waals surface area (Å²) in [6.45, 7) is 4.11. The molecule has 1 heterocycles. The molecule has 3 rings (SSSR count). The highest BCUT2D eigenvalue weighted by Gasteiger charge is 2.34. The fourth-order valence-corrected chi connectivity index (χ4v) is 2.63. The standard InChI is InChI=1S/C19H18N2O/c1-14-8-9-17(10-15(14)2)19(22,16-6-4-3-5-7-16)18-11-20-13-21-12-18/h3-13,22H,1-2H3/t19-/m1/s1. The smallest absolute Gasteiger partial charge is 0.143 e. The van der Waals surface area contributed by atoms with Crippen LogP contribution in [0.25, 0.3) is 0 Å². The number of aliphatic hydroxyl groups is 1. The number of aryl methyl sites for hydroxylation is 2. The van der Waals surface area contributed by atoms with Crippen LogP contribution in [0.5, 0.6) is 0 Å². The van der Waals surface area contributed by atoms with E-state index in [4.69, 9.17) is 0 Å².